The van der Waals surface area contributed by atoms with Gasteiger partial charge in [-0.15, -0.1) is 0 Å². The summed E-state index contributed by atoms with van der Waals surface area (Å²) < 4.78 is 0. The van der Waals surface area contributed by atoms with Crippen LogP contribution >= 0.6 is 0 Å². The standard InChI is InChI=1S/C11H10N2O2/c14-11(15)9-3-1-2-4-10(9)13-8-5-6-12-7-8/h1-7,12-13H,(H,14,15). The SMILES string of the molecule is O=C(O)c1ccccc1Nc1cc[nH]c1. The van der Waals surface area contributed by atoms with Crippen molar-refractivity contribution in [2.45, 2.75) is 0 Å². The van der Waals surface area contributed by atoms with Gasteiger partial charge in [-0.1, -0.05) is 12.1 Å². The Morgan fingerprint density at radius 2 is 2.07 bits per heavy atom. The van der Waals surface area contributed by atoms with Gasteiger partial charge in [0.25, 0.3) is 0 Å². The predicted octanol–water partition coefficient (Wildman–Crippen LogP) is 2.46. The van der Waals surface area contributed by atoms with Crippen molar-refractivity contribution in [3.8, 4) is 0 Å². The van der Waals surface area contributed by atoms with Crippen LogP contribution in [0, 0.1) is 0 Å². The van der Waals surface area contributed by atoms with Crippen molar-refractivity contribution in [3.63, 3.8) is 0 Å². The van der Waals surface area contributed by atoms with Crippen molar-refractivity contribution in [2.75, 3.05) is 5.32 Å². The summed E-state index contributed by atoms with van der Waals surface area (Å²) in [6.07, 6.45) is 3.53. The van der Waals surface area contributed by atoms with Crippen LogP contribution in [0.4, 0.5) is 11.4 Å². The number of H-pyrrole nitrogens is 1. The largest absolute Gasteiger partial charge is 0.478 e. The summed E-state index contributed by atoms with van der Waals surface area (Å²) in [4.78, 5) is 13.8. The zero-order valence-corrected chi connectivity index (χ0v) is 7.90. The number of benzene rings is 1. The maximum absolute atomic E-state index is 10.9. The Morgan fingerprint density at radius 1 is 1.27 bits per heavy atom. The highest BCUT2D eigenvalue weighted by molar-refractivity contribution is 5.95. The van der Waals surface area contributed by atoms with Gasteiger partial charge >= 0.3 is 5.97 Å². The monoisotopic (exact) mass is 202 g/mol. The lowest BCUT2D eigenvalue weighted by molar-refractivity contribution is 0.0698. The highest BCUT2D eigenvalue weighted by Crippen LogP contribution is 2.20. The number of aromatic amines is 1. The van der Waals surface area contributed by atoms with Gasteiger partial charge in [-0.2, -0.15) is 0 Å². The average molecular weight is 202 g/mol. The number of anilines is 2. The molecule has 76 valence electrons. The second kappa shape index (κ2) is 3.88. The summed E-state index contributed by atoms with van der Waals surface area (Å²) in [6, 6.07) is 8.62. The van der Waals surface area contributed by atoms with Gasteiger partial charge in [0.15, 0.2) is 0 Å². The molecule has 4 heteroatoms. The molecular formula is C11H10N2O2. The molecule has 2 aromatic rings. The van der Waals surface area contributed by atoms with E-state index in [0.29, 0.717) is 5.69 Å². The molecule has 0 fully saturated rings. The molecule has 4 nitrogen and oxygen atoms in total. The predicted molar refractivity (Wildman–Crippen MR) is 57.5 cm³/mol. The topological polar surface area (TPSA) is 65.1 Å². The third-order valence-electron chi connectivity index (χ3n) is 2.03. The molecule has 0 saturated carbocycles. The van der Waals surface area contributed by atoms with E-state index in [2.05, 4.69) is 10.3 Å². The molecule has 0 aliphatic rings. The molecule has 0 aliphatic carbocycles. The number of carboxylic acid groups (broad SMARTS) is 1. The molecule has 15 heavy (non-hydrogen) atoms. The number of carboxylic acids is 1. The van der Waals surface area contributed by atoms with E-state index in [1.165, 1.54) is 0 Å². The third kappa shape index (κ3) is 1.99. The number of hydrogen-bond acceptors (Lipinski definition) is 2. The number of rotatable bonds is 3. The number of hydrogen-bond donors (Lipinski definition) is 3. The molecule has 0 radical (unpaired) electrons. The Labute approximate surface area is 86.6 Å². The summed E-state index contributed by atoms with van der Waals surface area (Å²) >= 11 is 0. The summed E-state index contributed by atoms with van der Waals surface area (Å²) in [5.41, 5.74) is 1.69. The van der Waals surface area contributed by atoms with Gasteiger partial charge in [-0.3, -0.25) is 0 Å². The number of aromatic nitrogens is 1. The molecular weight excluding hydrogens is 192 g/mol. The smallest absolute Gasteiger partial charge is 0.337 e. The Kier molecular flexibility index (Phi) is 2.41. The third-order valence-corrected chi connectivity index (χ3v) is 2.03. The van der Waals surface area contributed by atoms with E-state index in [9.17, 15) is 4.79 Å². The average Bonchev–Trinajstić information content (AvgIpc) is 2.71. The highest BCUT2D eigenvalue weighted by atomic mass is 16.4. The number of carbonyl (C=O) groups is 1. The van der Waals surface area contributed by atoms with Crippen LogP contribution in [-0.4, -0.2) is 16.1 Å². The quantitative estimate of drug-likeness (QED) is 0.716. The Bertz CT molecular complexity index is 463. The van der Waals surface area contributed by atoms with Crippen LogP contribution in [0.2, 0.25) is 0 Å². The fraction of sp³-hybridized carbons (Fsp3) is 0. The molecule has 1 aromatic heterocycles. The van der Waals surface area contributed by atoms with Crippen molar-refractivity contribution >= 4 is 17.3 Å². The molecule has 2 rings (SSSR count). The van der Waals surface area contributed by atoms with Crippen LogP contribution in [0.15, 0.2) is 42.7 Å². The first kappa shape index (κ1) is 9.33. The number of para-hydroxylation sites is 1. The van der Waals surface area contributed by atoms with Crippen LogP contribution in [0.3, 0.4) is 0 Å². The van der Waals surface area contributed by atoms with Crippen LogP contribution in [-0.2, 0) is 0 Å². The zero-order chi connectivity index (χ0) is 10.7. The van der Waals surface area contributed by atoms with E-state index in [1.54, 1.807) is 36.7 Å². The van der Waals surface area contributed by atoms with Gasteiger partial charge in [0.05, 0.1) is 16.9 Å². The fourth-order valence-corrected chi connectivity index (χ4v) is 1.34. The molecule has 0 spiro atoms. The van der Waals surface area contributed by atoms with Gasteiger partial charge in [0, 0.05) is 12.4 Å². The summed E-state index contributed by atoms with van der Waals surface area (Å²) in [6.45, 7) is 0. The van der Waals surface area contributed by atoms with E-state index >= 15 is 0 Å². The summed E-state index contributed by atoms with van der Waals surface area (Å²) in [7, 11) is 0. The minimum Gasteiger partial charge on any atom is -0.478 e. The van der Waals surface area contributed by atoms with Crippen LogP contribution in [0.5, 0.6) is 0 Å². The van der Waals surface area contributed by atoms with Crippen molar-refractivity contribution in [3.05, 3.63) is 48.3 Å². The molecule has 3 N–H and O–H groups in total. The summed E-state index contributed by atoms with van der Waals surface area (Å²) in [5, 5.41) is 12.0. The maximum Gasteiger partial charge on any atom is 0.337 e. The number of aromatic carboxylic acids is 1. The first-order valence-corrected chi connectivity index (χ1v) is 4.49. The van der Waals surface area contributed by atoms with Gasteiger partial charge in [0.2, 0.25) is 0 Å². The first-order valence-electron chi connectivity index (χ1n) is 4.49. The fourth-order valence-electron chi connectivity index (χ4n) is 1.34. The second-order valence-electron chi connectivity index (χ2n) is 3.08. The first-order chi connectivity index (χ1) is 7.27. The minimum absolute atomic E-state index is 0.263. The lowest BCUT2D eigenvalue weighted by atomic mass is 10.2. The van der Waals surface area contributed by atoms with E-state index in [4.69, 9.17) is 5.11 Å². The Hall–Kier alpha value is -2.23. The molecule has 0 unspecified atom stereocenters. The van der Waals surface area contributed by atoms with Crippen LogP contribution in [0.25, 0.3) is 0 Å². The molecule has 0 amide bonds. The molecule has 0 atom stereocenters. The highest BCUT2D eigenvalue weighted by Gasteiger charge is 2.08. The minimum atomic E-state index is -0.936. The van der Waals surface area contributed by atoms with Crippen molar-refractivity contribution in [1.29, 1.82) is 0 Å². The summed E-state index contributed by atoms with van der Waals surface area (Å²) in [5.74, 6) is -0.936. The molecule has 1 aromatic carbocycles. The van der Waals surface area contributed by atoms with Gasteiger partial charge in [0.1, 0.15) is 0 Å². The van der Waals surface area contributed by atoms with Gasteiger partial charge in [-0.05, 0) is 18.2 Å². The number of nitrogens with one attached hydrogen (secondary N) is 2. The zero-order valence-electron chi connectivity index (χ0n) is 7.90. The molecule has 1 heterocycles. The molecule has 0 aliphatic heterocycles. The van der Waals surface area contributed by atoms with Crippen LogP contribution < -0.4 is 5.32 Å². The van der Waals surface area contributed by atoms with Crippen LogP contribution in [0.1, 0.15) is 10.4 Å². The Morgan fingerprint density at radius 3 is 2.73 bits per heavy atom. The lowest BCUT2D eigenvalue weighted by Crippen LogP contribution is -2.01. The van der Waals surface area contributed by atoms with E-state index in [1.807, 2.05) is 6.07 Å². The Balaban J connectivity index is 2.32. The van der Waals surface area contributed by atoms with E-state index in [0.717, 1.165) is 5.69 Å². The second-order valence-corrected chi connectivity index (χ2v) is 3.08. The van der Waals surface area contributed by atoms with E-state index in [-0.39, 0.29) is 5.56 Å². The van der Waals surface area contributed by atoms with Crippen molar-refractivity contribution < 1.29 is 9.90 Å². The van der Waals surface area contributed by atoms with Gasteiger partial charge < -0.3 is 15.4 Å². The van der Waals surface area contributed by atoms with Crippen molar-refractivity contribution in [2.24, 2.45) is 0 Å². The molecule has 0 saturated heterocycles. The van der Waals surface area contributed by atoms with Crippen molar-refractivity contribution in [1.82, 2.24) is 4.98 Å². The maximum atomic E-state index is 10.9. The lowest BCUT2D eigenvalue weighted by Gasteiger charge is -2.06. The van der Waals surface area contributed by atoms with E-state index < -0.39 is 5.97 Å². The molecule has 0 bridgehead atoms. The van der Waals surface area contributed by atoms with Gasteiger partial charge in [-0.25, -0.2) is 4.79 Å². The normalized spacial score (nSPS) is 9.87.